The van der Waals surface area contributed by atoms with Crippen LogP contribution in [0, 0.1) is 0 Å². The predicted octanol–water partition coefficient (Wildman–Crippen LogP) is 1.75. The average molecular weight is 222 g/mol. The van der Waals surface area contributed by atoms with E-state index in [1.54, 1.807) is 11.3 Å². The summed E-state index contributed by atoms with van der Waals surface area (Å²) in [7, 11) is 1.93. The molecule has 0 aliphatic rings. The van der Waals surface area contributed by atoms with E-state index in [1.165, 1.54) is 0 Å². The Morgan fingerprint density at radius 3 is 3.13 bits per heavy atom. The van der Waals surface area contributed by atoms with Crippen molar-refractivity contribution in [3.8, 4) is 10.7 Å². The highest BCUT2D eigenvalue weighted by molar-refractivity contribution is 7.13. The first-order valence-electron chi connectivity index (χ1n) is 4.94. The van der Waals surface area contributed by atoms with Gasteiger partial charge in [0.15, 0.2) is 0 Å². The molecule has 80 valence electrons. The highest BCUT2D eigenvalue weighted by Crippen LogP contribution is 2.23. The second kappa shape index (κ2) is 4.55. The van der Waals surface area contributed by atoms with Gasteiger partial charge in [-0.1, -0.05) is 0 Å². The van der Waals surface area contributed by atoms with Crippen molar-refractivity contribution in [3.05, 3.63) is 23.6 Å². The zero-order valence-electron chi connectivity index (χ0n) is 8.90. The molecule has 2 heterocycles. The van der Waals surface area contributed by atoms with Crippen molar-refractivity contribution < 1.29 is 0 Å². The van der Waals surface area contributed by atoms with Crippen molar-refractivity contribution >= 4 is 11.3 Å². The zero-order chi connectivity index (χ0) is 10.7. The maximum Gasteiger partial charge on any atom is 0.141 e. The van der Waals surface area contributed by atoms with E-state index in [-0.39, 0.29) is 0 Å². The lowest BCUT2D eigenvalue weighted by molar-refractivity contribution is 0.765. The van der Waals surface area contributed by atoms with Crippen LogP contribution in [0.5, 0.6) is 0 Å². The van der Waals surface area contributed by atoms with Crippen molar-refractivity contribution in [3.63, 3.8) is 0 Å². The highest BCUT2D eigenvalue weighted by atomic mass is 32.1. The quantitative estimate of drug-likeness (QED) is 0.857. The molecule has 2 aromatic rings. The second-order valence-electron chi connectivity index (χ2n) is 3.24. The van der Waals surface area contributed by atoms with E-state index in [4.69, 9.17) is 0 Å². The van der Waals surface area contributed by atoms with Gasteiger partial charge in [-0.25, -0.2) is 9.97 Å². The summed E-state index contributed by atoms with van der Waals surface area (Å²) in [5.74, 6) is 0. The predicted molar refractivity (Wildman–Crippen MR) is 61.8 cm³/mol. The summed E-state index contributed by atoms with van der Waals surface area (Å²) in [4.78, 5) is 8.68. The second-order valence-corrected chi connectivity index (χ2v) is 4.10. The smallest absolute Gasteiger partial charge is 0.141 e. The van der Waals surface area contributed by atoms with Gasteiger partial charge in [-0.3, -0.25) is 0 Å². The first-order chi connectivity index (χ1) is 7.35. The van der Waals surface area contributed by atoms with E-state index >= 15 is 0 Å². The molecule has 0 aliphatic carbocycles. The number of hydrogen-bond acceptors (Lipinski definition) is 4. The summed E-state index contributed by atoms with van der Waals surface area (Å²) in [5, 5.41) is 6.22. The first kappa shape index (κ1) is 10.3. The van der Waals surface area contributed by atoms with Gasteiger partial charge in [-0.15, -0.1) is 11.3 Å². The van der Waals surface area contributed by atoms with Crippen molar-refractivity contribution in [1.29, 1.82) is 0 Å². The van der Waals surface area contributed by atoms with Crippen LogP contribution in [0.1, 0.15) is 12.6 Å². The average Bonchev–Trinajstić information content (AvgIpc) is 2.84. The summed E-state index contributed by atoms with van der Waals surface area (Å²) in [6.45, 7) is 3.85. The molecule has 0 aromatic carbocycles. The molecule has 0 fully saturated rings. The fraction of sp³-hybridized carbons (Fsp3) is 0.400. The Bertz CT molecular complexity index is 432. The van der Waals surface area contributed by atoms with Gasteiger partial charge in [0.05, 0.1) is 23.9 Å². The van der Waals surface area contributed by atoms with Crippen molar-refractivity contribution in [2.24, 2.45) is 0 Å². The minimum atomic E-state index is 0.816. The lowest BCUT2D eigenvalue weighted by atomic mass is 10.4. The standard InChI is InChI=1S/C10H14N4S/c1-3-14-7-12-5-9(14)10-13-8(4-11-2)6-15-10/h5-7,11H,3-4H2,1-2H3. The molecule has 2 aromatic heterocycles. The van der Waals surface area contributed by atoms with Crippen molar-refractivity contribution in [2.45, 2.75) is 20.0 Å². The number of imidazole rings is 1. The normalized spacial score (nSPS) is 10.8. The fourth-order valence-corrected chi connectivity index (χ4v) is 2.28. The Hall–Kier alpha value is -1.20. The van der Waals surface area contributed by atoms with Gasteiger partial charge in [-0.05, 0) is 14.0 Å². The van der Waals surface area contributed by atoms with Gasteiger partial charge in [0.2, 0.25) is 0 Å². The molecule has 2 rings (SSSR count). The third-order valence-corrected chi connectivity index (χ3v) is 3.10. The SMILES string of the molecule is CCn1cncc1-c1nc(CNC)cs1. The molecular weight excluding hydrogens is 208 g/mol. The topological polar surface area (TPSA) is 42.7 Å². The number of aromatic nitrogens is 3. The van der Waals surface area contributed by atoms with E-state index < -0.39 is 0 Å². The molecule has 0 unspecified atom stereocenters. The Labute approximate surface area is 93.0 Å². The molecule has 0 amide bonds. The summed E-state index contributed by atoms with van der Waals surface area (Å²) in [6, 6.07) is 0. The number of rotatable bonds is 4. The number of hydrogen-bond donors (Lipinski definition) is 1. The van der Waals surface area contributed by atoms with Crippen LogP contribution in [0.3, 0.4) is 0 Å². The third-order valence-electron chi connectivity index (χ3n) is 2.18. The molecule has 15 heavy (non-hydrogen) atoms. The molecule has 0 atom stereocenters. The molecule has 0 bridgehead atoms. The summed E-state index contributed by atoms with van der Waals surface area (Å²) < 4.78 is 2.10. The maximum atomic E-state index is 4.55. The lowest BCUT2D eigenvalue weighted by Gasteiger charge is -2.00. The Kier molecular flexibility index (Phi) is 3.13. The van der Waals surface area contributed by atoms with Crippen LogP contribution in [0.15, 0.2) is 17.9 Å². The van der Waals surface area contributed by atoms with Crippen LogP contribution >= 0.6 is 11.3 Å². The van der Waals surface area contributed by atoms with Gasteiger partial charge in [0.25, 0.3) is 0 Å². The number of nitrogens with zero attached hydrogens (tertiary/aromatic N) is 3. The molecule has 0 spiro atoms. The molecule has 1 N–H and O–H groups in total. The number of aryl methyl sites for hydroxylation is 1. The van der Waals surface area contributed by atoms with E-state index in [2.05, 4.69) is 32.2 Å². The third kappa shape index (κ3) is 2.08. The zero-order valence-corrected chi connectivity index (χ0v) is 9.71. The summed E-state index contributed by atoms with van der Waals surface area (Å²) in [5.41, 5.74) is 2.19. The number of thiazole rings is 1. The lowest BCUT2D eigenvalue weighted by Crippen LogP contribution is -2.05. The van der Waals surface area contributed by atoms with Gasteiger partial charge in [-0.2, -0.15) is 0 Å². The monoisotopic (exact) mass is 222 g/mol. The van der Waals surface area contributed by atoms with Crippen LogP contribution in [0.4, 0.5) is 0 Å². The van der Waals surface area contributed by atoms with Gasteiger partial charge >= 0.3 is 0 Å². The summed E-state index contributed by atoms with van der Waals surface area (Å²) in [6.07, 6.45) is 3.71. The van der Waals surface area contributed by atoms with Gasteiger partial charge in [0, 0.05) is 18.5 Å². The van der Waals surface area contributed by atoms with Crippen LogP contribution in [-0.4, -0.2) is 21.6 Å². The Morgan fingerprint density at radius 1 is 1.53 bits per heavy atom. The molecule has 5 heteroatoms. The Morgan fingerprint density at radius 2 is 2.40 bits per heavy atom. The van der Waals surface area contributed by atoms with E-state index in [0.29, 0.717) is 0 Å². The molecular formula is C10H14N4S. The van der Waals surface area contributed by atoms with Gasteiger partial charge in [0.1, 0.15) is 5.01 Å². The van der Waals surface area contributed by atoms with E-state index in [9.17, 15) is 0 Å². The first-order valence-corrected chi connectivity index (χ1v) is 5.82. The van der Waals surface area contributed by atoms with Crippen LogP contribution in [0.25, 0.3) is 10.7 Å². The maximum absolute atomic E-state index is 4.55. The van der Waals surface area contributed by atoms with Crippen LogP contribution in [0.2, 0.25) is 0 Å². The highest BCUT2D eigenvalue weighted by Gasteiger charge is 2.08. The van der Waals surface area contributed by atoms with E-state index in [0.717, 1.165) is 29.5 Å². The van der Waals surface area contributed by atoms with E-state index in [1.807, 2.05) is 19.6 Å². The van der Waals surface area contributed by atoms with Crippen LogP contribution in [-0.2, 0) is 13.1 Å². The van der Waals surface area contributed by atoms with Gasteiger partial charge < -0.3 is 9.88 Å². The molecule has 4 nitrogen and oxygen atoms in total. The van der Waals surface area contributed by atoms with Crippen molar-refractivity contribution in [2.75, 3.05) is 7.05 Å². The van der Waals surface area contributed by atoms with Crippen molar-refractivity contribution in [1.82, 2.24) is 19.9 Å². The minimum absolute atomic E-state index is 0.816. The van der Waals surface area contributed by atoms with Crippen LogP contribution < -0.4 is 5.32 Å². The summed E-state index contributed by atoms with van der Waals surface area (Å²) >= 11 is 1.66. The largest absolute Gasteiger partial charge is 0.329 e. The molecule has 0 aliphatic heterocycles. The molecule has 0 radical (unpaired) electrons. The molecule has 0 saturated heterocycles. The minimum Gasteiger partial charge on any atom is -0.329 e. The molecule has 0 saturated carbocycles. The fourth-order valence-electron chi connectivity index (χ4n) is 1.44. The number of nitrogens with one attached hydrogen (secondary N) is 1. The Balaban J connectivity index is 2.28.